The lowest BCUT2D eigenvalue weighted by Gasteiger charge is -2.18. The second kappa shape index (κ2) is 29.1. The van der Waals surface area contributed by atoms with Gasteiger partial charge in [-0.15, -0.1) is 0 Å². The zero-order valence-corrected chi connectivity index (χ0v) is 67.4. The number of furan rings is 2. The molecule has 0 amide bonds. The second-order valence-electron chi connectivity index (χ2n) is 32.5. The van der Waals surface area contributed by atoms with Crippen molar-refractivity contribution in [1.82, 2.24) is 9.13 Å². The molecule has 123 heavy (non-hydrogen) atoms. The Bertz CT molecular complexity index is 8390. The molecule has 0 aliphatic heterocycles. The summed E-state index contributed by atoms with van der Waals surface area (Å²) in [6, 6.07) is 161. The molecule has 0 unspecified atom stereocenters. The summed E-state index contributed by atoms with van der Waals surface area (Å²) < 4.78 is 17.5. The van der Waals surface area contributed by atoms with E-state index < -0.39 is 0 Å². The van der Waals surface area contributed by atoms with E-state index in [4.69, 9.17) is 8.83 Å². The zero-order valence-electron chi connectivity index (χ0n) is 67.4. The molecule has 0 atom stereocenters. The third-order valence-corrected chi connectivity index (χ3v) is 25.5. The van der Waals surface area contributed by atoms with Crippen molar-refractivity contribution in [2.45, 2.75) is 6.92 Å². The van der Waals surface area contributed by atoms with Crippen molar-refractivity contribution in [3.05, 3.63) is 448 Å². The fourth-order valence-corrected chi connectivity index (χ4v) is 19.6. The van der Waals surface area contributed by atoms with Crippen LogP contribution in [0.1, 0.15) is 5.56 Å². The Morgan fingerprint density at radius 3 is 0.667 bits per heavy atom. The van der Waals surface area contributed by atoms with Crippen LogP contribution < -0.4 is 0 Å². The first-order chi connectivity index (χ1) is 60.9. The lowest BCUT2D eigenvalue weighted by molar-refractivity contribution is 0.668. The maximum atomic E-state index is 6.39. The Kier molecular flexibility index (Phi) is 16.8. The van der Waals surface area contributed by atoms with Gasteiger partial charge in [-0.1, -0.05) is 339 Å². The highest BCUT2D eigenvalue weighted by Gasteiger charge is 2.23. The van der Waals surface area contributed by atoms with Crippen LogP contribution in [-0.2, 0) is 0 Å². The molecule has 0 radical (unpaired) electrons. The first-order valence-electron chi connectivity index (χ1n) is 42.3. The third kappa shape index (κ3) is 12.0. The second-order valence-corrected chi connectivity index (χ2v) is 32.5. The number of benzene rings is 21. The Balaban J connectivity index is 0.000000139. The van der Waals surface area contributed by atoms with Gasteiger partial charge in [-0.05, 0) is 259 Å². The Morgan fingerprint density at radius 2 is 0.350 bits per heavy atom. The van der Waals surface area contributed by atoms with Crippen LogP contribution >= 0.6 is 0 Å². The van der Waals surface area contributed by atoms with Crippen LogP contribution in [-0.4, -0.2) is 9.13 Å². The predicted octanol–water partition coefficient (Wildman–Crippen LogP) is 33.3. The molecule has 0 aliphatic rings. The predicted molar refractivity (Wildman–Crippen MR) is 520 cm³/mol. The minimum absolute atomic E-state index is 0.893. The van der Waals surface area contributed by atoms with Crippen LogP contribution in [0.25, 0.3) is 242 Å². The van der Waals surface area contributed by atoms with E-state index >= 15 is 0 Å². The van der Waals surface area contributed by atoms with E-state index in [1.165, 1.54) is 187 Å². The van der Waals surface area contributed by atoms with E-state index in [1.54, 1.807) is 0 Å². The molecule has 0 spiro atoms. The van der Waals surface area contributed by atoms with Gasteiger partial charge in [-0.25, -0.2) is 0 Å². The zero-order chi connectivity index (χ0) is 81.2. The lowest BCUT2D eigenvalue weighted by atomic mass is 9.86. The van der Waals surface area contributed by atoms with Crippen molar-refractivity contribution in [3.8, 4) is 112 Å². The normalized spacial score (nSPS) is 11.8. The van der Waals surface area contributed by atoms with Gasteiger partial charge in [-0.3, -0.25) is 0 Å². The van der Waals surface area contributed by atoms with Crippen LogP contribution in [0.15, 0.2) is 452 Å². The van der Waals surface area contributed by atoms with Gasteiger partial charge >= 0.3 is 0 Å². The summed E-state index contributed by atoms with van der Waals surface area (Å²) in [6.45, 7) is 2.13. The molecule has 574 valence electrons. The maximum Gasteiger partial charge on any atom is 0.135 e. The highest BCUT2D eigenvalue weighted by molar-refractivity contribution is 6.24. The maximum absolute atomic E-state index is 6.39. The highest BCUT2D eigenvalue weighted by Crippen LogP contribution is 2.49. The first-order valence-corrected chi connectivity index (χ1v) is 42.3. The third-order valence-electron chi connectivity index (χ3n) is 25.5. The van der Waals surface area contributed by atoms with Crippen LogP contribution in [0.5, 0.6) is 0 Å². The van der Waals surface area contributed by atoms with Crippen LogP contribution in [0.4, 0.5) is 0 Å². The van der Waals surface area contributed by atoms with Crippen LogP contribution in [0.3, 0.4) is 0 Å². The van der Waals surface area contributed by atoms with Crippen LogP contribution in [0.2, 0.25) is 0 Å². The molecule has 4 aromatic heterocycles. The standard InChI is InChI=1S/C62H39NO.C57H37NO/c1-3-13-40(14-4-1)41-23-25-42(26-24-41)45-30-35-59-55(38-45)56-39-47(31-36-60(56)64-59)46-29-34-58-54(37-46)49-17-11-12-22-57(49)63(58)48-32-27-44(28-33-48)62-52-20-9-7-18-50(52)61(43-15-5-2-6-16-43)51-19-8-10-21-53(51)62;1-36-19-21-37(22-20-36)40-26-31-54-50(34-40)51-35-42(27-32-55(51)59-54)41-25-30-53-49(33-41)44-13-9-10-18-52(44)58(53)43-28-23-39(24-29-43)57-47-16-7-5-14-45(47)56(38-11-3-2-4-12-38)46-15-6-8-17-48(46)57/h1-39H;2-35H,1H3. The molecule has 25 aromatic rings. The summed E-state index contributed by atoms with van der Waals surface area (Å²) in [6.07, 6.45) is 0. The van der Waals surface area contributed by atoms with Gasteiger partial charge in [0.2, 0.25) is 0 Å². The molecule has 25 rings (SSSR count). The smallest absolute Gasteiger partial charge is 0.135 e. The summed E-state index contributed by atoms with van der Waals surface area (Å²) in [5, 5.41) is 19.5. The lowest BCUT2D eigenvalue weighted by Crippen LogP contribution is -1.94. The van der Waals surface area contributed by atoms with E-state index in [0.717, 1.165) is 60.8 Å². The molecule has 0 N–H and O–H groups in total. The summed E-state index contributed by atoms with van der Waals surface area (Å²) in [4.78, 5) is 0. The number of fused-ring (bicyclic) bond motifs is 16. The number of para-hydroxylation sites is 2. The molecular weight excluding hydrogens is 1490 g/mol. The average Bonchev–Trinajstić information content (AvgIpc) is 1.69. The van der Waals surface area contributed by atoms with Gasteiger partial charge in [0.05, 0.1) is 22.1 Å². The van der Waals surface area contributed by atoms with Gasteiger partial charge in [-0.2, -0.15) is 0 Å². The van der Waals surface area contributed by atoms with E-state index in [-0.39, 0.29) is 0 Å². The van der Waals surface area contributed by atoms with E-state index in [1.807, 2.05) is 0 Å². The SMILES string of the molecule is Cc1ccc(-c2ccc3oc4ccc(-c5ccc6c(c5)c5ccccc5n6-c5ccc(-c6c7ccccc7c(-c7ccccc7)c7ccccc67)cc5)cc4c3c2)cc1.c1ccc(-c2ccc(-c3ccc4oc5ccc(-c6ccc7c(c6)c6ccccc6n7-c6ccc(-c7c8ccccc8c(-c8ccccc8)c8ccccc78)cc6)cc5c4c3)cc2)cc1. The molecule has 0 aliphatic carbocycles. The minimum atomic E-state index is 0.893. The number of aryl methyl sites for hydroxylation is 1. The Labute approximate surface area is 710 Å². The van der Waals surface area contributed by atoms with Gasteiger partial charge in [0.1, 0.15) is 22.3 Å². The molecule has 4 heterocycles. The molecule has 0 bridgehead atoms. The van der Waals surface area contributed by atoms with Crippen LogP contribution in [0, 0.1) is 6.92 Å². The number of hydrogen-bond donors (Lipinski definition) is 0. The fraction of sp³-hybridized carbons (Fsp3) is 0.00840. The van der Waals surface area contributed by atoms with Gasteiger partial charge < -0.3 is 18.0 Å². The largest absolute Gasteiger partial charge is 0.456 e. The molecular formula is C119H76N2O2. The molecule has 0 saturated carbocycles. The number of aromatic nitrogens is 2. The van der Waals surface area contributed by atoms with Gasteiger partial charge in [0.25, 0.3) is 0 Å². The molecule has 21 aromatic carbocycles. The van der Waals surface area contributed by atoms with Crippen molar-refractivity contribution in [3.63, 3.8) is 0 Å². The molecule has 0 saturated heterocycles. The quantitative estimate of drug-likeness (QED) is 0.121. The van der Waals surface area contributed by atoms with Crippen molar-refractivity contribution in [2.24, 2.45) is 0 Å². The minimum Gasteiger partial charge on any atom is -0.456 e. The number of hydrogen-bond acceptors (Lipinski definition) is 2. The van der Waals surface area contributed by atoms with Gasteiger partial charge in [0, 0.05) is 54.5 Å². The summed E-state index contributed by atoms with van der Waals surface area (Å²) in [5.41, 5.74) is 33.7. The number of nitrogens with zero attached hydrogens (tertiary/aromatic N) is 2. The molecule has 0 fully saturated rings. The van der Waals surface area contributed by atoms with E-state index in [0.29, 0.717) is 0 Å². The van der Waals surface area contributed by atoms with E-state index in [9.17, 15) is 0 Å². The molecule has 4 nitrogen and oxygen atoms in total. The van der Waals surface area contributed by atoms with Crippen molar-refractivity contribution in [1.29, 1.82) is 0 Å². The fourth-order valence-electron chi connectivity index (χ4n) is 19.6. The van der Waals surface area contributed by atoms with Crippen molar-refractivity contribution in [2.75, 3.05) is 0 Å². The molecule has 4 heteroatoms. The Morgan fingerprint density at radius 1 is 0.146 bits per heavy atom. The van der Waals surface area contributed by atoms with Crippen molar-refractivity contribution >= 4 is 131 Å². The Hall–Kier alpha value is -16.1. The average molecular weight is 1570 g/mol. The number of rotatable bonds is 11. The topological polar surface area (TPSA) is 36.1 Å². The first kappa shape index (κ1) is 71.0. The summed E-state index contributed by atoms with van der Waals surface area (Å²) >= 11 is 0. The highest BCUT2D eigenvalue weighted by atomic mass is 16.3. The van der Waals surface area contributed by atoms with Gasteiger partial charge in [0.15, 0.2) is 0 Å². The van der Waals surface area contributed by atoms with Crippen molar-refractivity contribution < 1.29 is 8.83 Å². The monoisotopic (exact) mass is 1560 g/mol. The summed E-state index contributed by atoms with van der Waals surface area (Å²) in [5.74, 6) is 0. The summed E-state index contributed by atoms with van der Waals surface area (Å²) in [7, 11) is 0. The van der Waals surface area contributed by atoms with E-state index in [2.05, 4.69) is 459 Å².